The minimum absolute atomic E-state index is 0.0583. The van der Waals surface area contributed by atoms with Crippen LogP contribution >= 0.6 is 0 Å². The molecular formula is C25H48O7Si. The van der Waals surface area contributed by atoms with Gasteiger partial charge in [-0.2, -0.15) is 0 Å². The predicted octanol–water partition coefficient (Wildman–Crippen LogP) is 4.69. The zero-order chi connectivity index (χ0) is 24.9. The second-order valence-corrected chi connectivity index (χ2v) is 17.5. The fraction of sp³-hybridized carbons (Fsp3) is 1.00. The van der Waals surface area contributed by atoms with Crippen LogP contribution in [0.15, 0.2) is 0 Å². The van der Waals surface area contributed by atoms with Crippen molar-refractivity contribution in [1.82, 2.24) is 0 Å². The van der Waals surface area contributed by atoms with Crippen LogP contribution in [0.2, 0.25) is 10.1 Å². The van der Waals surface area contributed by atoms with E-state index in [1.807, 2.05) is 6.92 Å². The van der Waals surface area contributed by atoms with Gasteiger partial charge in [0.15, 0.2) is 6.29 Å². The summed E-state index contributed by atoms with van der Waals surface area (Å²) in [4.78, 5) is 0. The SMILES string of the molecule is COC(CCC[C@H]1O[C@H]2C[C@H]3O[Si](C(C)(C)C)(C(C)(C)C)OC[C@@H]3O[C@]2(C)C[C@]1(C)O)OC. The van der Waals surface area contributed by atoms with Gasteiger partial charge in [-0.3, -0.25) is 0 Å². The molecule has 3 fully saturated rings. The van der Waals surface area contributed by atoms with Gasteiger partial charge in [-0.15, -0.1) is 0 Å². The van der Waals surface area contributed by atoms with Crippen LogP contribution < -0.4 is 0 Å². The van der Waals surface area contributed by atoms with E-state index in [0.29, 0.717) is 13.0 Å². The molecule has 0 aromatic heterocycles. The Morgan fingerprint density at radius 1 is 1.03 bits per heavy atom. The van der Waals surface area contributed by atoms with Crippen LogP contribution in [-0.4, -0.2) is 76.4 Å². The lowest BCUT2D eigenvalue weighted by Crippen LogP contribution is -2.71. The Labute approximate surface area is 202 Å². The Hall–Kier alpha value is -0.0631. The third-order valence-electron chi connectivity index (χ3n) is 7.87. The van der Waals surface area contributed by atoms with Crippen LogP contribution in [-0.2, 0) is 27.8 Å². The van der Waals surface area contributed by atoms with Crippen molar-refractivity contribution in [2.24, 2.45) is 0 Å². The van der Waals surface area contributed by atoms with Crippen molar-refractivity contribution < 1.29 is 32.9 Å². The minimum atomic E-state index is -2.58. The van der Waals surface area contributed by atoms with Crippen LogP contribution in [0.3, 0.4) is 0 Å². The second kappa shape index (κ2) is 9.43. The van der Waals surface area contributed by atoms with Gasteiger partial charge >= 0.3 is 8.56 Å². The highest BCUT2D eigenvalue weighted by Gasteiger charge is 2.65. The molecule has 0 spiro atoms. The first-order valence-corrected chi connectivity index (χ1v) is 14.3. The van der Waals surface area contributed by atoms with Crippen LogP contribution in [0.4, 0.5) is 0 Å². The maximum absolute atomic E-state index is 11.3. The maximum atomic E-state index is 11.3. The molecule has 3 rings (SSSR count). The normalized spacial score (nSPS) is 39.3. The summed E-state index contributed by atoms with van der Waals surface area (Å²) in [6, 6.07) is 0. The zero-order valence-electron chi connectivity index (χ0n) is 22.5. The highest BCUT2D eigenvalue weighted by Crippen LogP contribution is 2.56. The predicted molar refractivity (Wildman–Crippen MR) is 129 cm³/mol. The second-order valence-electron chi connectivity index (χ2n) is 12.8. The van der Waals surface area contributed by atoms with Crippen molar-refractivity contribution in [1.29, 1.82) is 0 Å². The smallest absolute Gasteiger partial charge is 0.349 e. The molecule has 1 N–H and O–H groups in total. The third-order valence-corrected chi connectivity index (χ3v) is 13.0. The summed E-state index contributed by atoms with van der Waals surface area (Å²) in [5.41, 5.74) is -1.54. The Balaban J connectivity index is 1.75. The van der Waals surface area contributed by atoms with Gasteiger partial charge in [0.05, 0.1) is 36.1 Å². The van der Waals surface area contributed by atoms with Crippen LogP contribution in [0, 0.1) is 0 Å². The molecule has 0 saturated carbocycles. The Bertz CT molecular complexity index is 653. The van der Waals surface area contributed by atoms with E-state index in [2.05, 4.69) is 48.5 Å². The number of aliphatic hydroxyl groups is 1. The van der Waals surface area contributed by atoms with E-state index in [9.17, 15) is 5.11 Å². The molecule has 8 heteroatoms. The Kier molecular flexibility index (Phi) is 7.86. The largest absolute Gasteiger partial charge is 0.391 e. The average molecular weight is 489 g/mol. The number of rotatable bonds is 6. The standard InChI is InChI=1S/C25H48O7Si/c1-22(2,3)33(23(4,5)6)29-15-18-17(32-33)14-20-25(8,31-18)16-24(7,26)19(30-20)12-11-13-21(27-9)28-10/h17-21,26H,11-16H2,1-10H3/t17-,18+,19-,20+,24+,25-/m1/s1. The monoisotopic (exact) mass is 488 g/mol. The molecule has 3 heterocycles. The minimum Gasteiger partial charge on any atom is -0.391 e. The summed E-state index contributed by atoms with van der Waals surface area (Å²) in [6.45, 7) is 17.9. The number of fused-ring (bicyclic) bond motifs is 2. The van der Waals surface area contributed by atoms with Gasteiger partial charge < -0.3 is 32.9 Å². The molecule has 33 heavy (non-hydrogen) atoms. The molecule has 7 nitrogen and oxygen atoms in total. The molecule has 0 bridgehead atoms. The van der Waals surface area contributed by atoms with E-state index in [1.54, 1.807) is 14.2 Å². The fourth-order valence-electron chi connectivity index (χ4n) is 6.44. The quantitative estimate of drug-likeness (QED) is 0.429. The maximum Gasteiger partial charge on any atom is 0.349 e. The van der Waals surface area contributed by atoms with Crippen LogP contribution in [0.1, 0.15) is 87.5 Å². The first-order chi connectivity index (χ1) is 15.1. The zero-order valence-corrected chi connectivity index (χ0v) is 23.5. The summed E-state index contributed by atoms with van der Waals surface area (Å²) in [5.74, 6) is 0. The Morgan fingerprint density at radius 2 is 1.64 bits per heavy atom. The lowest BCUT2D eigenvalue weighted by molar-refractivity contribution is -0.314. The van der Waals surface area contributed by atoms with Gasteiger partial charge in [-0.1, -0.05) is 41.5 Å². The number of methoxy groups -OCH3 is 2. The van der Waals surface area contributed by atoms with Crippen molar-refractivity contribution >= 4 is 8.56 Å². The van der Waals surface area contributed by atoms with E-state index in [0.717, 1.165) is 25.7 Å². The molecule has 0 aromatic carbocycles. The summed E-state index contributed by atoms with van der Waals surface area (Å²) in [6.07, 6.45) is 2.81. The van der Waals surface area contributed by atoms with Gasteiger partial charge in [-0.05, 0) is 33.1 Å². The van der Waals surface area contributed by atoms with Crippen molar-refractivity contribution in [3.8, 4) is 0 Å². The van der Waals surface area contributed by atoms with E-state index >= 15 is 0 Å². The van der Waals surface area contributed by atoms with Gasteiger partial charge in [-0.25, -0.2) is 0 Å². The van der Waals surface area contributed by atoms with E-state index in [-0.39, 0.29) is 40.8 Å². The molecule has 0 radical (unpaired) electrons. The highest BCUT2D eigenvalue weighted by atomic mass is 28.4. The summed E-state index contributed by atoms with van der Waals surface area (Å²) in [5, 5.41) is 11.1. The molecule has 0 amide bonds. The Morgan fingerprint density at radius 3 is 2.18 bits per heavy atom. The first-order valence-electron chi connectivity index (χ1n) is 12.5. The van der Waals surface area contributed by atoms with Gasteiger partial charge in [0, 0.05) is 37.1 Å². The molecule has 0 unspecified atom stereocenters. The molecule has 0 aliphatic carbocycles. The van der Waals surface area contributed by atoms with Crippen molar-refractivity contribution in [3.05, 3.63) is 0 Å². The molecule has 194 valence electrons. The van der Waals surface area contributed by atoms with Crippen molar-refractivity contribution in [3.63, 3.8) is 0 Å². The summed E-state index contributed by atoms with van der Waals surface area (Å²) >= 11 is 0. The van der Waals surface area contributed by atoms with E-state index in [4.69, 9.17) is 27.8 Å². The lowest BCUT2D eigenvalue weighted by atomic mass is 9.74. The molecule has 3 aliphatic heterocycles. The number of hydrogen-bond acceptors (Lipinski definition) is 7. The number of ether oxygens (including phenoxy) is 4. The van der Waals surface area contributed by atoms with Gasteiger partial charge in [0.1, 0.15) is 6.10 Å². The fourth-order valence-corrected chi connectivity index (χ4v) is 11.4. The van der Waals surface area contributed by atoms with Crippen molar-refractivity contribution in [2.75, 3.05) is 20.8 Å². The highest BCUT2D eigenvalue weighted by molar-refractivity contribution is 6.73. The molecule has 3 aliphatic rings. The first kappa shape index (κ1) is 27.5. The molecular weight excluding hydrogens is 440 g/mol. The van der Waals surface area contributed by atoms with Crippen LogP contribution in [0.25, 0.3) is 0 Å². The summed E-state index contributed by atoms with van der Waals surface area (Å²) < 4.78 is 37.4. The molecule has 3 saturated heterocycles. The van der Waals surface area contributed by atoms with E-state index in [1.165, 1.54) is 0 Å². The van der Waals surface area contributed by atoms with Crippen LogP contribution in [0.5, 0.6) is 0 Å². The lowest BCUT2D eigenvalue weighted by Gasteiger charge is -2.60. The molecule has 0 aromatic rings. The third kappa shape index (κ3) is 5.24. The summed E-state index contributed by atoms with van der Waals surface area (Å²) in [7, 11) is 0.721. The topological polar surface area (TPSA) is 75.6 Å². The average Bonchev–Trinajstić information content (AvgIpc) is 2.67. The molecule has 6 atom stereocenters. The number of hydrogen-bond donors (Lipinski definition) is 1. The van der Waals surface area contributed by atoms with Crippen molar-refractivity contribution in [2.45, 2.75) is 139 Å². The van der Waals surface area contributed by atoms with Gasteiger partial charge in [0.2, 0.25) is 0 Å². The van der Waals surface area contributed by atoms with Gasteiger partial charge in [0.25, 0.3) is 0 Å². The van der Waals surface area contributed by atoms with E-state index < -0.39 is 19.8 Å².